The first-order chi connectivity index (χ1) is 11.9. The van der Waals surface area contributed by atoms with Gasteiger partial charge in [-0.3, -0.25) is 19.2 Å². The summed E-state index contributed by atoms with van der Waals surface area (Å²) in [5, 5.41) is 8.51. The van der Waals surface area contributed by atoms with E-state index in [0.29, 0.717) is 0 Å². The predicted molar refractivity (Wildman–Crippen MR) is 84.3 cm³/mol. The minimum absolute atomic E-state index is 0.0165. The zero-order chi connectivity index (χ0) is 19.1. The second-order valence-electron chi connectivity index (χ2n) is 4.98. The van der Waals surface area contributed by atoms with Crippen LogP contribution in [-0.4, -0.2) is 61.5 Å². The van der Waals surface area contributed by atoms with Gasteiger partial charge >= 0.3 is 23.9 Å². The van der Waals surface area contributed by atoms with Gasteiger partial charge in [0.15, 0.2) is 6.10 Å². The van der Waals surface area contributed by atoms with Gasteiger partial charge in [-0.25, -0.2) is 0 Å². The van der Waals surface area contributed by atoms with Gasteiger partial charge in [-0.1, -0.05) is 13.8 Å². The highest BCUT2D eigenvalue weighted by molar-refractivity contribution is 5.72. The fraction of sp³-hybridized carbons (Fsp3) is 0.750. The van der Waals surface area contributed by atoms with Crippen molar-refractivity contribution in [2.45, 2.75) is 52.1 Å². The summed E-state index contributed by atoms with van der Waals surface area (Å²) in [6, 6.07) is 0. The minimum Gasteiger partial charge on any atom is -0.463 e. The van der Waals surface area contributed by atoms with Gasteiger partial charge in [-0.05, 0) is 6.42 Å². The molecule has 9 heteroatoms. The third-order valence-electron chi connectivity index (χ3n) is 2.85. The summed E-state index contributed by atoms with van der Waals surface area (Å²) in [6.07, 6.45) is -0.313. The first-order valence-corrected chi connectivity index (χ1v) is 8.20. The van der Waals surface area contributed by atoms with E-state index < -0.39 is 30.0 Å². The van der Waals surface area contributed by atoms with E-state index in [-0.39, 0.29) is 58.5 Å². The Bertz CT molecular complexity index is 433. The average molecular weight is 362 g/mol. The summed E-state index contributed by atoms with van der Waals surface area (Å²) in [7, 11) is 0. The van der Waals surface area contributed by atoms with E-state index in [9.17, 15) is 19.2 Å². The molecule has 0 heterocycles. The van der Waals surface area contributed by atoms with E-state index in [1.54, 1.807) is 13.8 Å². The largest absolute Gasteiger partial charge is 0.463 e. The summed E-state index contributed by atoms with van der Waals surface area (Å²) in [4.78, 5) is 45.3. The highest BCUT2D eigenvalue weighted by Crippen LogP contribution is 2.04. The van der Waals surface area contributed by atoms with Gasteiger partial charge in [-0.15, -0.1) is 0 Å². The normalized spacial score (nSPS) is 11.3. The van der Waals surface area contributed by atoms with Gasteiger partial charge in [0.2, 0.25) is 0 Å². The number of hydrogen-bond donors (Lipinski definition) is 1. The van der Waals surface area contributed by atoms with Crippen LogP contribution in [0.4, 0.5) is 0 Å². The van der Waals surface area contributed by atoms with Crippen LogP contribution in [-0.2, 0) is 38.1 Å². The minimum atomic E-state index is -0.874. The third-order valence-corrected chi connectivity index (χ3v) is 2.85. The highest BCUT2D eigenvalue weighted by atomic mass is 16.6. The van der Waals surface area contributed by atoms with Crippen LogP contribution in [0, 0.1) is 0 Å². The number of carbonyl (C=O) groups is 4. The first-order valence-electron chi connectivity index (χ1n) is 8.20. The molecule has 0 fully saturated rings. The molecule has 0 saturated heterocycles. The molecule has 0 saturated carbocycles. The third kappa shape index (κ3) is 12.9. The molecule has 0 aliphatic heterocycles. The highest BCUT2D eigenvalue weighted by Gasteiger charge is 2.18. The van der Waals surface area contributed by atoms with E-state index in [2.05, 4.69) is 4.74 Å². The molecule has 0 aromatic carbocycles. The molecule has 1 atom stereocenters. The maximum atomic E-state index is 11.6. The number of esters is 4. The molecule has 144 valence electrons. The van der Waals surface area contributed by atoms with Crippen LogP contribution in [0.5, 0.6) is 0 Å². The van der Waals surface area contributed by atoms with E-state index in [1.807, 2.05) is 0 Å². The Hall–Kier alpha value is -2.16. The molecule has 0 spiro atoms. The van der Waals surface area contributed by atoms with Gasteiger partial charge in [0.05, 0.1) is 6.61 Å². The van der Waals surface area contributed by atoms with Crippen LogP contribution in [0.1, 0.15) is 46.0 Å². The van der Waals surface area contributed by atoms with E-state index >= 15 is 0 Å². The van der Waals surface area contributed by atoms with Gasteiger partial charge in [0, 0.05) is 25.7 Å². The van der Waals surface area contributed by atoms with Crippen molar-refractivity contribution < 1.29 is 43.2 Å². The maximum Gasteiger partial charge on any atom is 0.306 e. The van der Waals surface area contributed by atoms with Crippen molar-refractivity contribution in [2.24, 2.45) is 0 Å². The summed E-state index contributed by atoms with van der Waals surface area (Å²) in [5.74, 6) is -2.04. The lowest BCUT2D eigenvalue weighted by Gasteiger charge is -2.17. The molecule has 0 rings (SSSR count). The van der Waals surface area contributed by atoms with Crippen LogP contribution in [0.2, 0.25) is 0 Å². The van der Waals surface area contributed by atoms with Crippen molar-refractivity contribution in [1.82, 2.24) is 0 Å². The molecule has 0 radical (unpaired) electrons. The van der Waals surface area contributed by atoms with E-state index in [0.717, 1.165) is 0 Å². The Morgan fingerprint density at radius 1 is 0.800 bits per heavy atom. The molecule has 25 heavy (non-hydrogen) atoms. The second kappa shape index (κ2) is 14.2. The molecule has 0 aromatic rings. The van der Waals surface area contributed by atoms with E-state index in [4.69, 9.17) is 19.3 Å². The number of carbonyl (C=O) groups excluding carboxylic acids is 4. The fourth-order valence-electron chi connectivity index (χ4n) is 1.54. The lowest BCUT2D eigenvalue weighted by atomic mass is 10.2. The molecule has 9 nitrogen and oxygen atoms in total. The maximum absolute atomic E-state index is 11.6. The zero-order valence-corrected chi connectivity index (χ0v) is 14.7. The monoisotopic (exact) mass is 362 g/mol. The van der Waals surface area contributed by atoms with Gasteiger partial charge in [0.1, 0.15) is 19.8 Å². The Morgan fingerprint density at radius 3 is 1.84 bits per heavy atom. The Kier molecular flexibility index (Phi) is 13.0. The summed E-state index contributed by atoms with van der Waals surface area (Å²) in [5.41, 5.74) is 0. The predicted octanol–water partition coefficient (Wildman–Crippen LogP) is 0.510. The topological polar surface area (TPSA) is 125 Å². The quantitative estimate of drug-likeness (QED) is 0.368. The molecule has 1 N–H and O–H groups in total. The number of aliphatic hydroxyl groups is 1. The van der Waals surface area contributed by atoms with Crippen molar-refractivity contribution in [1.29, 1.82) is 0 Å². The molecule has 0 bridgehead atoms. The number of hydrogen-bond acceptors (Lipinski definition) is 9. The van der Waals surface area contributed by atoms with Gasteiger partial charge in [0.25, 0.3) is 0 Å². The Morgan fingerprint density at radius 2 is 1.32 bits per heavy atom. The summed E-state index contributed by atoms with van der Waals surface area (Å²) in [6.45, 7) is 2.47. The molecular formula is C16H26O9. The van der Waals surface area contributed by atoms with Crippen molar-refractivity contribution >= 4 is 23.9 Å². The smallest absolute Gasteiger partial charge is 0.306 e. The summed E-state index contributed by atoms with van der Waals surface area (Å²) < 4.78 is 19.6. The van der Waals surface area contributed by atoms with Gasteiger partial charge in [-0.2, -0.15) is 0 Å². The number of ether oxygens (including phenoxy) is 4. The average Bonchev–Trinajstić information content (AvgIpc) is 2.61. The van der Waals surface area contributed by atoms with E-state index in [1.165, 1.54) is 0 Å². The van der Waals surface area contributed by atoms with Gasteiger partial charge < -0.3 is 24.1 Å². The summed E-state index contributed by atoms with van der Waals surface area (Å²) >= 11 is 0. The standard InChI is InChI=1S/C16H26O9/c1-3-13(18)23-10-12(25-14(19)4-2)11-24-16(21)7-5-6-15(20)22-9-8-17/h12,17H,3-11H2,1-2H3. The van der Waals surface area contributed by atoms with Crippen LogP contribution >= 0.6 is 0 Å². The SMILES string of the molecule is CCC(=O)OCC(COC(=O)CCCC(=O)OCCO)OC(=O)CC. The Balaban J connectivity index is 4.14. The lowest BCUT2D eigenvalue weighted by molar-refractivity contribution is -0.166. The first kappa shape index (κ1) is 22.8. The molecule has 0 aromatic heterocycles. The van der Waals surface area contributed by atoms with Crippen molar-refractivity contribution in [3.05, 3.63) is 0 Å². The van der Waals surface area contributed by atoms with Crippen LogP contribution in [0.15, 0.2) is 0 Å². The van der Waals surface area contributed by atoms with Crippen molar-refractivity contribution in [3.8, 4) is 0 Å². The van der Waals surface area contributed by atoms with Crippen LogP contribution < -0.4 is 0 Å². The Labute approximate surface area is 146 Å². The molecule has 0 aliphatic rings. The number of aliphatic hydroxyl groups excluding tert-OH is 1. The molecule has 0 amide bonds. The number of rotatable bonds is 13. The van der Waals surface area contributed by atoms with Crippen LogP contribution in [0.3, 0.4) is 0 Å². The van der Waals surface area contributed by atoms with Crippen molar-refractivity contribution in [2.75, 3.05) is 26.4 Å². The second-order valence-corrected chi connectivity index (χ2v) is 4.98. The molecular weight excluding hydrogens is 336 g/mol. The molecule has 0 aliphatic carbocycles. The molecule has 1 unspecified atom stereocenters. The van der Waals surface area contributed by atoms with Crippen LogP contribution in [0.25, 0.3) is 0 Å². The van der Waals surface area contributed by atoms with Crippen molar-refractivity contribution in [3.63, 3.8) is 0 Å². The zero-order valence-electron chi connectivity index (χ0n) is 14.7. The lowest BCUT2D eigenvalue weighted by Crippen LogP contribution is -2.30. The fourth-order valence-corrected chi connectivity index (χ4v) is 1.54.